The van der Waals surface area contributed by atoms with Gasteiger partial charge in [0, 0.05) is 5.69 Å². The maximum Gasteiger partial charge on any atom is 0.194 e. The second kappa shape index (κ2) is 5.79. The Kier molecular flexibility index (Phi) is 4.61. The molecule has 102 valence electrons. The van der Waals surface area contributed by atoms with E-state index in [-0.39, 0.29) is 11.5 Å². The summed E-state index contributed by atoms with van der Waals surface area (Å²) in [4.78, 5) is 4.36. The summed E-state index contributed by atoms with van der Waals surface area (Å²) >= 11 is 0. The highest BCUT2D eigenvalue weighted by atomic mass is 15.1. The van der Waals surface area contributed by atoms with Gasteiger partial charge in [-0.1, -0.05) is 32.8 Å². The Morgan fingerprint density at radius 1 is 1.32 bits per heavy atom. The molecule has 0 saturated carbocycles. The van der Waals surface area contributed by atoms with Crippen LogP contribution in [0.2, 0.25) is 0 Å². The number of rotatable bonds is 2. The van der Waals surface area contributed by atoms with E-state index < -0.39 is 0 Å². The lowest BCUT2D eigenvalue weighted by atomic mass is 9.88. The average Bonchev–Trinajstić information content (AvgIpc) is 2.29. The van der Waals surface area contributed by atoms with Crippen molar-refractivity contribution in [3.8, 4) is 12.3 Å². The summed E-state index contributed by atoms with van der Waals surface area (Å²) in [5.41, 5.74) is 9.19. The molecule has 0 aromatic heterocycles. The Labute approximate surface area is 116 Å². The molecule has 0 spiro atoms. The van der Waals surface area contributed by atoms with Gasteiger partial charge in [-0.15, -0.1) is 6.42 Å². The molecule has 1 aromatic rings. The molecule has 0 aliphatic rings. The third-order valence-corrected chi connectivity index (χ3v) is 3.03. The van der Waals surface area contributed by atoms with Crippen molar-refractivity contribution in [2.45, 2.75) is 40.7 Å². The minimum absolute atomic E-state index is 0.107. The lowest BCUT2D eigenvalue weighted by Gasteiger charge is -2.23. The van der Waals surface area contributed by atoms with Crippen molar-refractivity contribution in [2.75, 3.05) is 5.32 Å². The Morgan fingerprint density at radius 2 is 1.95 bits per heavy atom. The summed E-state index contributed by atoms with van der Waals surface area (Å²) in [5, 5.41) is 3.08. The zero-order valence-corrected chi connectivity index (χ0v) is 12.4. The lowest BCUT2D eigenvalue weighted by Crippen LogP contribution is -2.30. The van der Waals surface area contributed by atoms with Crippen LogP contribution in [0.5, 0.6) is 0 Å². The maximum atomic E-state index is 5.91. The number of terminal acetylenes is 1. The first-order valence-corrected chi connectivity index (χ1v) is 6.37. The van der Waals surface area contributed by atoms with E-state index in [1.54, 1.807) is 0 Å². The van der Waals surface area contributed by atoms with E-state index in [0.29, 0.717) is 5.96 Å². The largest absolute Gasteiger partial charge is 0.370 e. The van der Waals surface area contributed by atoms with E-state index in [4.69, 9.17) is 12.2 Å². The number of benzene rings is 1. The molecule has 19 heavy (non-hydrogen) atoms. The molecule has 1 atom stereocenters. The SMILES string of the molecule is C#CC(N=C(N)Nc1ccc(C)c(C)c1)C(C)(C)C. The van der Waals surface area contributed by atoms with Crippen LogP contribution in [-0.4, -0.2) is 12.0 Å². The molecule has 3 N–H and O–H groups in total. The fraction of sp³-hybridized carbons (Fsp3) is 0.438. The van der Waals surface area contributed by atoms with Gasteiger partial charge < -0.3 is 11.1 Å². The molecule has 0 heterocycles. The molecule has 0 fully saturated rings. The van der Waals surface area contributed by atoms with E-state index in [9.17, 15) is 0 Å². The molecule has 3 heteroatoms. The van der Waals surface area contributed by atoms with Crippen molar-refractivity contribution in [3.63, 3.8) is 0 Å². The molecule has 0 bridgehead atoms. The normalized spacial score (nSPS) is 13.8. The zero-order chi connectivity index (χ0) is 14.6. The molecule has 0 aliphatic carbocycles. The first-order valence-electron chi connectivity index (χ1n) is 6.37. The number of hydrogen-bond acceptors (Lipinski definition) is 1. The maximum absolute atomic E-state index is 5.91. The summed E-state index contributed by atoms with van der Waals surface area (Å²) in [6.07, 6.45) is 5.50. The fourth-order valence-electron chi connectivity index (χ4n) is 1.62. The van der Waals surface area contributed by atoms with Crippen molar-refractivity contribution >= 4 is 11.6 Å². The van der Waals surface area contributed by atoms with Crippen LogP contribution in [0.15, 0.2) is 23.2 Å². The number of guanidine groups is 1. The highest BCUT2D eigenvalue weighted by Gasteiger charge is 2.22. The summed E-state index contributed by atoms with van der Waals surface area (Å²) < 4.78 is 0. The van der Waals surface area contributed by atoms with Crippen LogP contribution in [0.1, 0.15) is 31.9 Å². The number of nitrogens with zero attached hydrogens (tertiary/aromatic N) is 1. The topological polar surface area (TPSA) is 50.4 Å². The third-order valence-electron chi connectivity index (χ3n) is 3.03. The summed E-state index contributed by atoms with van der Waals surface area (Å²) in [5.74, 6) is 3.02. The molecule has 3 nitrogen and oxygen atoms in total. The van der Waals surface area contributed by atoms with Gasteiger partial charge in [-0.2, -0.15) is 0 Å². The first kappa shape index (κ1) is 15.1. The predicted molar refractivity (Wildman–Crippen MR) is 83.2 cm³/mol. The Balaban J connectivity index is 2.87. The predicted octanol–water partition coefficient (Wildman–Crippen LogP) is 3.08. The highest BCUT2D eigenvalue weighted by molar-refractivity contribution is 5.92. The number of aliphatic imine (C=N–C) groups is 1. The number of hydrogen-bond donors (Lipinski definition) is 2. The minimum Gasteiger partial charge on any atom is -0.370 e. The van der Waals surface area contributed by atoms with Crippen LogP contribution in [0.25, 0.3) is 0 Å². The van der Waals surface area contributed by atoms with Crippen LogP contribution in [0.3, 0.4) is 0 Å². The van der Waals surface area contributed by atoms with E-state index in [1.165, 1.54) is 11.1 Å². The number of nitrogens with one attached hydrogen (secondary N) is 1. The van der Waals surface area contributed by atoms with E-state index in [1.807, 2.05) is 39.0 Å². The van der Waals surface area contributed by atoms with Crippen molar-refractivity contribution in [3.05, 3.63) is 29.3 Å². The van der Waals surface area contributed by atoms with Crippen molar-refractivity contribution in [2.24, 2.45) is 16.1 Å². The molecule has 1 aromatic carbocycles. The van der Waals surface area contributed by atoms with Gasteiger partial charge >= 0.3 is 0 Å². The van der Waals surface area contributed by atoms with Gasteiger partial charge in [0.15, 0.2) is 5.96 Å². The molecule has 1 rings (SSSR count). The van der Waals surface area contributed by atoms with Crippen LogP contribution in [-0.2, 0) is 0 Å². The lowest BCUT2D eigenvalue weighted by molar-refractivity contribution is 0.376. The molecule has 0 aliphatic heterocycles. The van der Waals surface area contributed by atoms with E-state index >= 15 is 0 Å². The monoisotopic (exact) mass is 257 g/mol. The Bertz CT molecular complexity index is 516. The molecule has 0 saturated heterocycles. The van der Waals surface area contributed by atoms with Gasteiger partial charge in [0.05, 0.1) is 0 Å². The zero-order valence-electron chi connectivity index (χ0n) is 12.4. The van der Waals surface area contributed by atoms with Gasteiger partial charge in [0.1, 0.15) is 6.04 Å². The van der Waals surface area contributed by atoms with E-state index in [0.717, 1.165) is 5.69 Å². The molecular formula is C16H23N3. The average molecular weight is 257 g/mol. The summed E-state index contributed by atoms with van der Waals surface area (Å²) in [7, 11) is 0. The minimum atomic E-state index is -0.244. The van der Waals surface area contributed by atoms with Gasteiger partial charge in [-0.05, 0) is 42.5 Å². The smallest absolute Gasteiger partial charge is 0.194 e. The summed E-state index contributed by atoms with van der Waals surface area (Å²) in [6, 6.07) is 5.83. The Hall–Kier alpha value is -1.95. The molecule has 0 amide bonds. The second-order valence-corrected chi connectivity index (χ2v) is 5.87. The molecular weight excluding hydrogens is 234 g/mol. The molecule has 0 radical (unpaired) electrons. The second-order valence-electron chi connectivity index (χ2n) is 5.87. The van der Waals surface area contributed by atoms with E-state index in [2.05, 4.69) is 30.1 Å². The first-order chi connectivity index (χ1) is 8.74. The summed E-state index contributed by atoms with van der Waals surface area (Å²) in [6.45, 7) is 10.3. The van der Waals surface area contributed by atoms with Crippen LogP contribution in [0.4, 0.5) is 5.69 Å². The van der Waals surface area contributed by atoms with Crippen LogP contribution < -0.4 is 11.1 Å². The number of nitrogens with two attached hydrogens (primary N) is 1. The van der Waals surface area contributed by atoms with Crippen LogP contribution in [0, 0.1) is 31.6 Å². The van der Waals surface area contributed by atoms with Crippen LogP contribution >= 0.6 is 0 Å². The van der Waals surface area contributed by atoms with Gasteiger partial charge in [-0.3, -0.25) is 0 Å². The van der Waals surface area contributed by atoms with Gasteiger partial charge in [0.25, 0.3) is 0 Å². The van der Waals surface area contributed by atoms with Gasteiger partial charge in [0.2, 0.25) is 0 Å². The quantitative estimate of drug-likeness (QED) is 0.486. The molecule has 1 unspecified atom stereocenters. The van der Waals surface area contributed by atoms with Crippen molar-refractivity contribution in [1.29, 1.82) is 0 Å². The Morgan fingerprint density at radius 3 is 2.42 bits per heavy atom. The van der Waals surface area contributed by atoms with Crippen molar-refractivity contribution < 1.29 is 0 Å². The standard InChI is InChI=1S/C16H23N3/c1-7-14(16(4,5)6)19-15(17)18-13-9-8-11(2)12(3)10-13/h1,8-10,14H,2-6H3,(H3,17,18,19). The van der Waals surface area contributed by atoms with Gasteiger partial charge in [-0.25, -0.2) is 4.99 Å². The number of anilines is 1. The fourth-order valence-corrected chi connectivity index (χ4v) is 1.62. The highest BCUT2D eigenvalue weighted by Crippen LogP contribution is 2.21. The third kappa shape index (κ3) is 4.33. The van der Waals surface area contributed by atoms with Crippen molar-refractivity contribution in [1.82, 2.24) is 0 Å². The number of aryl methyl sites for hydroxylation is 2.